The molecular formula is C16H31N3. The summed E-state index contributed by atoms with van der Waals surface area (Å²) in [6.07, 6.45) is 5.83. The highest BCUT2D eigenvalue weighted by Gasteiger charge is 2.38. The van der Waals surface area contributed by atoms with Gasteiger partial charge in [-0.15, -0.1) is 0 Å². The van der Waals surface area contributed by atoms with E-state index in [9.17, 15) is 0 Å². The minimum absolute atomic E-state index is 0.723. The largest absolute Gasteiger partial charge is 0.301 e. The molecule has 3 aliphatic rings. The summed E-state index contributed by atoms with van der Waals surface area (Å²) in [6, 6.07) is 2.53. The lowest BCUT2D eigenvalue weighted by atomic mass is 9.90. The number of piperazine rings is 1. The van der Waals surface area contributed by atoms with Crippen LogP contribution in [0.4, 0.5) is 0 Å². The molecule has 0 radical (unpaired) electrons. The molecule has 3 nitrogen and oxygen atoms in total. The predicted octanol–water partition coefficient (Wildman–Crippen LogP) is 1.89. The van der Waals surface area contributed by atoms with Crippen molar-refractivity contribution in [3.63, 3.8) is 0 Å². The van der Waals surface area contributed by atoms with Crippen LogP contribution in [0.25, 0.3) is 0 Å². The standard InChI is InChI=1S/C16H31N3/c1-13(2)19-8-6-18(7-9-19)12-14-10-15-4-5-16(11-14)17(15)3/h13-16H,4-12H2,1-3H3. The Morgan fingerprint density at radius 3 is 2.05 bits per heavy atom. The van der Waals surface area contributed by atoms with Gasteiger partial charge in [-0.2, -0.15) is 0 Å². The molecule has 19 heavy (non-hydrogen) atoms. The third-order valence-corrected chi connectivity index (χ3v) is 5.85. The van der Waals surface area contributed by atoms with Gasteiger partial charge in [0.25, 0.3) is 0 Å². The molecule has 3 saturated heterocycles. The van der Waals surface area contributed by atoms with E-state index in [1.54, 1.807) is 0 Å². The van der Waals surface area contributed by atoms with Crippen LogP contribution in [-0.2, 0) is 0 Å². The Hall–Kier alpha value is -0.120. The molecule has 3 rings (SSSR count). The van der Waals surface area contributed by atoms with Crippen molar-refractivity contribution in [3.05, 3.63) is 0 Å². The van der Waals surface area contributed by atoms with Gasteiger partial charge < -0.3 is 9.80 Å². The molecule has 0 aromatic heterocycles. The summed E-state index contributed by atoms with van der Waals surface area (Å²) in [5, 5.41) is 0. The van der Waals surface area contributed by atoms with Crippen LogP contribution in [0.5, 0.6) is 0 Å². The first-order chi connectivity index (χ1) is 9.13. The maximum absolute atomic E-state index is 2.73. The zero-order valence-corrected chi connectivity index (χ0v) is 13.0. The van der Waals surface area contributed by atoms with Gasteiger partial charge in [0.05, 0.1) is 0 Å². The first kappa shape index (κ1) is 13.8. The van der Waals surface area contributed by atoms with Crippen molar-refractivity contribution in [2.24, 2.45) is 5.92 Å². The van der Waals surface area contributed by atoms with E-state index < -0.39 is 0 Å². The van der Waals surface area contributed by atoms with E-state index in [4.69, 9.17) is 0 Å². The molecule has 0 amide bonds. The maximum atomic E-state index is 2.73. The van der Waals surface area contributed by atoms with Gasteiger partial charge in [0.2, 0.25) is 0 Å². The van der Waals surface area contributed by atoms with E-state index in [2.05, 4.69) is 35.6 Å². The minimum atomic E-state index is 0.723. The fourth-order valence-electron chi connectivity index (χ4n) is 4.50. The molecule has 2 unspecified atom stereocenters. The second-order valence-corrected chi connectivity index (χ2v) is 7.32. The Morgan fingerprint density at radius 1 is 0.947 bits per heavy atom. The quantitative estimate of drug-likeness (QED) is 0.771. The fourth-order valence-corrected chi connectivity index (χ4v) is 4.50. The second-order valence-electron chi connectivity index (χ2n) is 7.32. The van der Waals surface area contributed by atoms with Gasteiger partial charge in [0.15, 0.2) is 0 Å². The van der Waals surface area contributed by atoms with Crippen molar-refractivity contribution < 1.29 is 0 Å². The molecule has 2 bridgehead atoms. The SMILES string of the molecule is CC(C)N1CCN(CC2CC3CCC(C2)N3C)CC1. The van der Waals surface area contributed by atoms with Gasteiger partial charge in [-0.1, -0.05) is 0 Å². The molecular weight excluding hydrogens is 234 g/mol. The Kier molecular flexibility index (Phi) is 4.16. The first-order valence-corrected chi connectivity index (χ1v) is 8.32. The van der Waals surface area contributed by atoms with E-state index in [-0.39, 0.29) is 0 Å². The molecule has 2 atom stereocenters. The topological polar surface area (TPSA) is 9.72 Å². The fraction of sp³-hybridized carbons (Fsp3) is 1.00. The molecule has 3 aliphatic heterocycles. The average Bonchev–Trinajstić information content (AvgIpc) is 2.63. The molecule has 0 N–H and O–H groups in total. The number of nitrogens with zero attached hydrogens (tertiary/aromatic N) is 3. The third kappa shape index (κ3) is 2.98. The Morgan fingerprint density at radius 2 is 1.53 bits per heavy atom. The second kappa shape index (κ2) is 5.71. The monoisotopic (exact) mass is 265 g/mol. The van der Waals surface area contributed by atoms with Crippen LogP contribution in [0.1, 0.15) is 39.5 Å². The van der Waals surface area contributed by atoms with Gasteiger partial charge in [-0.25, -0.2) is 0 Å². The summed E-state index contributed by atoms with van der Waals surface area (Å²) in [5.41, 5.74) is 0. The summed E-state index contributed by atoms with van der Waals surface area (Å²) < 4.78 is 0. The lowest BCUT2D eigenvalue weighted by Crippen LogP contribution is -2.51. The van der Waals surface area contributed by atoms with Gasteiger partial charge in [-0.3, -0.25) is 4.90 Å². The molecule has 0 spiro atoms. The third-order valence-electron chi connectivity index (χ3n) is 5.85. The van der Waals surface area contributed by atoms with Crippen LogP contribution in [0.2, 0.25) is 0 Å². The number of fused-ring (bicyclic) bond motifs is 2. The molecule has 0 aromatic carbocycles. The highest BCUT2D eigenvalue weighted by molar-refractivity contribution is 4.94. The minimum Gasteiger partial charge on any atom is -0.301 e. The molecule has 110 valence electrons. The number of rotatable bonds is 3. The first-order valence-electron chi connectivity index (χ1n) is 8.32. The lowest BCUT2D eigenvalue weighted by Gasteiger charge is -2.41. The van der Waals surface area contributed by atoms with Gasteiger partial charge >= 0.3 is 0 Å². The van der Waals surface area contributed by atoms with Crippen LogP contribution in [-0.4, -0.2) is 72.6 Å². The highest BCUT2D eigenvalue weighted by atomic mass is 15.3. The summed E-state index contributed by atoms with van der Waals surface area (Å²) in [5.74, 6) is 0.972. The number of hydrogen-bond acceptors (Lipinski definition) is 3. The summed E-state index contributed by atoms with van der Waals surface area (Å²) >= 11 is 0. The number of hydrogen-bond donors (Lipinski definition) is 0. The summed E-state index contributed by atoms with van der Waals surface area (Å²) in [4.78, 5) is 8.01. The van der Waals surface area contributed by atoms with Crippen LogP contribution < -0.4 is 0 Å². The lowest BCUT2D eigenvalue weighted by molar-refractivity contribution is 0.0675. The van der Waals surface area contributed by atoms with E-state index in [1.165, 1.54) is 58.4 Å². The van der Waals surface area contributed by atoms with Crippen LogP contribution in [0.15, 0.2) is 0 Å². The number of piperidine rings is 1. The maximum Gasteiger partial charge on any atom is 0.0113 e. The van der Waals surface area contributed by atoms with Gasteiger partial charge in [0.1, 0.15) is 0 Å². The van der Waals surface area contributed by atoms with Crippen molar-refractivity contribution in [2.45, 2.75) is 57.7 Å². The van der Waals surface area contributed by atoms with Crippen molar-refractivity contribution in [1.82, 2.24) is 14.7 Å². The van der Waals surface area contributed by atoms with Crippen LogP contribution >= 0.6 is 0 Å². The molecule has 0 saturated carbocycles. The Labute approximate surface area is 118 Å². The van der Waals surface area contributed by atoms with Gasteiger partial charge in [-0.05, 0) is 52.5 Å². The molecule has 0 aromatic rings. The van der Waals surface area contributed by atoms with Gasteiger partial charge in [0, 0.05) is 50.8 Å². The molecule has 3 heteroatoms. The van der Waals surface area contributed by atoms with Crippen molar-refractivity contribution in [1.29, 1.82) is 0 Å². The predicted molar refractivity (Wildman–Crippen MR) is 80.4 cm³/mol. The van der Waals surface area contributed by atoms with E-state index in [1.807, 2.05) is 0 Å². The van der Waals surface area contributed by atoms with E-state index >= 15 is 0 Å². The molecule has 3 heterocycles. The molecule has 0 aliphatic carbocycles. The highest BCUT2D eigenvalue weighted by Crippen LogP contribution is 2.37. The molecule has 3 fully saturated rings. The Balaban J connectivity index is 1.46. The van der Waals surface area contributed by atoms with Crippen molar-refractivity contribution in [2.75, 3.05) is 39.8 Å². The normalized spacial score (nSPS) is 38.2. The van der Waals surface area contributed by atoms with E-state index in [0.29, 0.717) is 0 Å². The van der Waals surface area contributed by atoms with Crippen molar-refractivity contribution in [3.8, 4) is 0 Å². The summed E-state index contributed by atoms with van der Waals surface area (Å²) in [6.45, 7) is 11.1. The van der Waals surface area contributed by atoms with Crippen molar-refractivity contribution >= 4 is 0 Å². The smallest absolute Gasteiger partial charge is 0.0113 e. The van der Waals surface area contributed by atoms with Crippen LogP contribution in [0.3, 0.4) is 0 Å². The summed E-state index contributed by atoms with van der Waals surface area (Å²) in [7, 11) is 2.35. The average molecular weight is 265 g/mol. The van der Waals surface area contributed by atoms with Crippen LogP contribution in [0, 0.1) is 5.92 Å². The zero-order valence-electron chi connectivity index (χ0n) is 13.0. The Bertz CT molecular complexity index is 282. The van der Waals surface area contributed by atoms with E-state index in [0.717, 1.165) is 24.0 Å². The zero-order chi connectivity index (χ0) is 13.4.